The van der Waals surface area contributed by atoms with E-state index in [0.717, 1.165) is 11.1 Å². The number of aryl methyl sites for hydroxylation is 2. The maximum atomic E-state index is 12.3. The van der Waals surface area contributed by atoms with Crippen LogP contribution < -0.4 is 5.32 Å². The average molecular weight is 283 g/mol. The van der Waals surface area contributed by atoms with Crippen LogP contribution in [-0.4, -0.2) is 19.0 Å². The Labute approximate surface area is 123 Å². The van der Waals surface area contributed by atoms with E-state index in [-0.39, 0.29) is 5.91 Å². The number of ether oxygens (including phenoxy) is 1. The van der Waals surface area contributed by atoms with Crippen molar-refractivity contribution in [3.8, 4) is 0 Å². The zero-order valence-corrected chi connectivity index (χ0v) is 12.3. The zero-order valence-electron chi connectivity index (χ0n) is 12.3. The van der Waals surface area contributed by atoms with Crippen LogP contribution in [-0.2, 0) is 4.74 Å². The van der Waals surface area contributed by atoms with Gasteiger partial charge in [0.05, 0.1) is 18.4 Å². The van der Waals surface area contributed by atoms with E-state index in [0.29, 0.717) is 16.8 Å². The molecule has 0 spiro atoms. The Morgan fingerprint density at radius 3 is 2.38 bits per heavy atom. The number of benzene rings is 2. The molecule has 0 atom stereocenters. The third-order valence-corrected chi connectivity index (χ3v) is 3.21. The van der Waals surface area contributed by atoms with Gasteiger partial charge in [-0.05, 0) is 37.6 Å². The van der Waals surface area contributed by atoms with Gasteiger partial charge < -0.3 is 10.1 Å². The molecule has 0 aliphatic heterocycles. The number of carbonyl (C=O) groups is 2. The molecule has 108 valence electrons. The highest BCUT2D eigenvalue weighted by molar-refractivity contribution is 6.08. The monoisotopic (exact) mass is 283 g/mol. The summed E-state index contributed by atoms with van der Waals surface area (Å²) in [5.74, 6) is -0.726. The number of rotatable bonds is 3. The molecule has 0 saturated carbocycles. The van der Waals surface area contributed by atoms with Crippen molar-refractivity contribution >= 4 is 17.6 Å². The predicted octanol–water partition coefficient (Wildman–Crippen LogP) is 3.34. The van der Waals surface area contributed by atoms with Gasteiger partial charge >= 0.3 is 5.97 Å². The first-order chi connectivity index (χ1) is 10.0. The maximum absolute atomic E-state index is 12.3. The standard InChI is InChI=1S/C17H17NO3/c1-11-8-9-13(12(2)10-11)16(19)18-15-7-5-4-6-14(15)17(20)21-3/h4-10H,1-3H3,(H,18,19). The van der Waals surface area contributed by atoms with Crippen LogP contribution in [0.2, 0.25) is 0 Å². The number of carbonyl (C=O) groups excluding carboxylic acids is 2. The van der Waals surface area contributed by atoms with Gasteiger partial charge in [0.25, 0.3) is 5.91 Å². The smallest absolute Gasteiger partial charge is 0.339 e. The highest BCUT2D eigenvalue weighted by atomic mass is 16.5. The number of methoxy groups -OCH3 is 1. The van der Waals surface area contributed by atoms with E-state index in [9.17, 15) is 9.59 Å². The van der Waals surface area contributed by atoms with Gasteiger partial charge in [0.1, 0.15) is 0 Å². The van der Waals surface area contributed by atoms with Gasteiger partial charge in [-0.3, -0.25) is 4.79 Å². The molecule has 0 aliphatic rings. The SMILES string of the molecule is COC(=O)c1ccccc1NC(=O)c1ccc(C)cc1C. The molecule has 4 heteroatoms. The van der Waals surface area contributed by atoms with E-state index in [2.05, 4.69) is 5.32 Å². The van der Waals surface area contributed by atoms with E-state index in [1.165, 1.54) is 7.11 Å². The number of esters is 1. The lowest BCUT2D eigenvalue weighted by atomic mass is 10.0. The number of hydrogen-bond acceptors (Lipinski definition) is 3. The molecular weight excluding hydrogens is 266 g/mol. The summed E-state index contributed by atoms with van der Waals surface area (Å²) in [4.78, 5) is 24.0. The van der Waals surface area contributed by atoms with Crippen LogP contribution in [0.3, 0.4) is 0 Å². The highest BCUT2D eigenvalue weighted by Crippen LogP contribution is 2.18. The molecule has 0 aromatic heterocycles. The Morgan fingerprint density at radius 2 is 1.71 bits per heavy atom. The minimum Gasteiger partial charge on any atom is -0.465 e. The van der Waals surface area contributed by atoms with E-state index < -0.39 is 5.97 Å². The van der Waals surface area contributed by atoms with Crippen molar-refractivity contribution in [1.29, 1.82) is 0 Å². The second-order valence-corrected chi connectivity index (χ2v) is 4.81. The molecule has 0 heterocycles. The largest absolute Gasteiger partial charge is 0.465 e. The van der Waals surface area contributed by atoms with Crippen LogP contribution in [0.25, 0.3) is 0 Å². The van der Waals surface area contributed by atoms with Crippen molar-refractivity contribution in [3.63, 3.8) is 0 Å². The first-order valence-electron chi connectivity index (χ1n) is 6.59. The highest BCUT2D eigenvalue weighted by Gasteiger charge is 2.15. The van der Waals surface area contributed by atoms with Gasteiger partial charge in [0.2, 0.25) is 0 Å². The van der Waals surface area contributed by atoms with E-state index in [1.54, 1.807) is 30.3 Å². The number of amides is 1. The molecule has 2 aromatic rings. The third kappa shape index (κ3) is 3.28. The number of para-hydroxylation sites is 1. The lowest BCUT2D eigenvalue weighted by molar-refractivity contribution is 0.0602. The van der Waals surface area contributed by atoms with Crippen LogP contribution in [0.4, 0.5) is 5.69 Å². The molecule has 1 N–H and O–H groups in total. The van der Waals surface area contributed by atoms with Crippen molar-refractivity contribution in [2.75, 3.05) is 12.4 Å². The Morgan fingerprint density at radius 1 is 1.00 bits per heavy atom. The molecule has 0 bridgehead atoms. The molecule has 2 aromatic carbocycles. The molecule has 4 nitrogen and oxygen atoms in total. The second kappa shape index (κ2) is 6.22. The second-order valence-electron chi connectivity index (χ2n) is 4.81. The minimum absolute atomic E-state index is 0.246. The Bertz CT molecular complexity index is 692. The topological polar surface area (TPSA) is 55.4 Å². The lowest BCUT2D eigenvalue weighted by Gasteiger charge is -2.11. The molecular formula is C17H17NO3. The fourth-order valence-corrected chi connectivity index (χ4v) is 2.14. The first kappa shape index (κ1) is 14.8. The number of nitrogens with one attached hydrogen (secondary N) is 1. The Balaban J connectivity index is 2.30. The lowest BCUT2D eigenvalue weighted by Crippen LogP contribution is -2.16. The van der Waals surface area contributed by atoms with Crippen molar-refractivity contribution in [2.24, 2.45) is 0 Å². The van der Waals surface area contributed by atoms with Gasteiger partial charge in [-0.2, -0.15) is 0 Å². The molecule has 0 unspecified atom stereocenters. The summed E-state index contributed by atoms with van der Waals surface area (Å²) in [7, 11) is 1.31. The van der Waals surface area contributed by atoms with Crippen LogP contribution >= 0.6 is 0 Å². The fourth-order valence-electron chi connectivity index (χ4n) is 2.14. The fraction of sp³-hybridized carbons (Fsp3) is 0.176. The summed E-state index contributed by atoms with van der Waals surface area (Å²) in [6.45, 7) is 3.86. The Hall–Kier alpha value is -2.62. The van der Waals surface area contributed by atoms with Gasteiger partial charge in [0.15, 0.2) is 0 Å². The number of anilines is 1. The minimum atomic E-state index is -0.480. The summed E-state index contributed by atoms with van der Waals surface area (Å²) < 4.78 is 4.71. The van der Waals surface area contributed by atoms with Crippen molar-refractivity contribution in [1.82, 2.24) is 0 Å². The molecule has 0 aliphatic carbocycles. The van der Waals surface area contributed by atoms with Gasteiger partial charge in [0, 0.05) is 5.56 Å². The molecule has 0 radical (unpaired) electrons. The summed E-state index contributed by atoms with van der Waals surface area (Å²) in [6.07, 6.45) is 0. The van der Waals surface area contributed by atoms with E-state index in [4.69, 9.17) is 4.74 Å². The van der Waals surface area contributed by atoms with Gasteiger partial charge in [-0.1, -0.05) is 29.8 Å². The maximum Gasteiger partial charge on any atom is 0.339 e. The molecule has 2 rings (SSSR count). The number of hydrogen-bond donors (Lipinski definition) is 1. The average Bonchev–Trinajstić information content (AvgIpc) is 2.46. The summed E-state index contributed by atoms with van der Waals surface area (Å²) in [5, 5.41) is 2.76. The summed E-state index contributed by atoms with van der Waals surface area (Å²) >= 11 is 0. The summed E-state index contributed by atoms with van der Waals surface area (Å²) in [6, 6.07) is 12.4. The van der Waals surface area contributed by atoms with Gasteiger partial charge in [-0.15, -0.1) is 0 Å². The first-order valence-corrected chi connectivity index (χ1v) is 6.59. The quantitative estimate of drug-likeness (QED) is 0.879. The molecule has 0 fully saturated rings. The van der Waals surface area contributed by atoms with Crippen LogP contribution in [0.1, 0.15) is 31.8 Å². The van der Waals surface area contributed by atoms with Crippen molar-refractivity contribution in [2.45, 2.75) is 13.8 Å². The van der Waals surface area contributed by atoms with Crippen LogP contribution in [0, 0.1) is 13.8 Å². The van der Waals surface area contributed by atoms with Crippen molar-refractivity contribution in [3.05, 3.63) is 64.7 Å². The van der Waals surface area contributed by atoms with Crippen LogP contribution in [0.15, 0.2) is 42.5 Å². The van der Waals surface area contributed by atoms with Crippen LogP contribution in [0.5, 0.6) is 0 Å². The summed E-state index contributed by atoms with van der Waals surface area (Å²) in [5.41, 5.74) is 3.34. The predicted molar refractivity (Wildman–Crippen MR) is 81.7 cm³/mol. The zero-order chi connectivity index (χ0) is 15.4. The molecule has 21 heavy (non-hydrogen) atoms. The molecule has 1 amide bonds. The molecule has 0 saturated heterocycles. The van der Waals surface area contributed by atoms with E-state index in [1.807, 2.05) is 26.0 Å². The normalized spacial score (nSPS) is 10.0. The third-order valence-electron chi connectivity index (χ3n) is 3.21. The van der Waals surface area contributed by atoms with Gasteiger partial charge in [-0.25, -0.2) is 4.79 Å². The van der Waals surface area contributed by atoms with Crippen molar-refractivity contribution < 1.29 is 14.3 Å². The van der Waals surface area contributed by atoms with E-state index >= 15 is 0 Å². The Kier molecular flexibility index (Phi) is 4.38.